The summed E-state index contributed by atoms with van der Waals surface area (Å²) in [7, 11) is 1.59. The second-order valence-electron chi connectivity index (χ2n) is 7.00. The number of ether oxygens (including phenoxy) is 2. The van der Waals surface area contributed by atoms with E-state index in [1.807, 2.05) is 17.0 Å². The van der Waals surface area contributed by atoms with Gasteiger partial charge in [-0.25, -0.2) is 4.39 Å². The third kappa shape index (κ3) is 6.59. The van der Waals surface area contributed by atoms with Gasteiger partial charge in [-0.15, -0.1) is 12.4 Å². The fourth-order valence-electron chi connectivity index (χ4n) is 3.35. The van der Waals surface area contributed by atoms with Crippen LogP contribution in [0.25, 0.3) is 0 Å². The van der Waals surface area contributed by atoms with Gasteiger partial charge in [0.25, 0.3) is 0 Å². The van der Waals surface area contributed by atoms with Crippen LogP contribution < -0.4 is 14.8 Å². The summed E-state index contributed by atoms with van der Waals surface area (Å²) in [6.07, 6.45) is 2.59. The number of nitrogens with one attached hydrogen (secondary N) is 1. The van der Waals surface area contributed by atoms with Gasteiger partial charge in [0.1, 0.15) is 12.4 Å². The summed E-state index contributed by atoms with van der Waals surface area (Å²) in [5.74, 6) is 1.12. The topological polar surface area (TPSA) is 50.8 Å². The molecule has 0 aliphatic carbocycles. The standard InChI is InChI=1S/C22H26BrFN2O3.ClH/c1-28-20-13-16(14-25-9-5-11-26-10-4-8-21(26)27)12-18(23)22(20)29-15-17-6-2-3-7-19(17)24;/h2-3,6-7,12-13,25H,4-5,8-11,14-15H2,1H3;1H. The van der Waals surface area contributed by atoms with Gasteiger partial charge in [-0.3, -0.25) is 4.79 Å². The minimum Gasteiger partial charge on any atom is -0.493 e. The quantitative estimate of drug-likeness (QED) is 0.480. The van der Waals surface area contributed by atoms with Gasteiger partial charge in [0, 0.05) is 31.6 Å². The van der Waals surface area contributed by atoms with Crippen molar-refractivity contribution in [1.82, 2.24) is 10.2 Å². The van der Waals surface area contributed by atoms with Crippen molar-refractivity contribution in [2.45, 2.75) is 32.4 Å². The number of methoxy groups -OCH3 is 1. The molecule has 3 rings (SSSR count). The number of carbonyl (C=O) groups excluding carboxylic acids is 1. The molecule has 5 nitrogen and oxygen atoms in total. The molecule has 8 heteroatoms. The van der Waals surface area contributed by atoms with E-state index in [2.05, 4.69) is 21.2 Å². The molecule has 1 N–H and O–H groups in total. The Hall–Kier alpha value is -1.83. The number of carbonyl (C=O) groups is 1. The van der Waals surface area contributed by atoms with Crippen LogP contribution in [0.2, 0.25) is 0 Å². The molecule has 30 heavy (non-hydrogen) atoms. The number of hydrogen-bond donors (Lipinski definition) is 1. The average Bonchev–Trinajstić information content (AvgIpc) is 3.12. The van der Waals surface area contributed by atoms with E-state index in [0.29, 0.717) is 30.0 Å². The highest BCUT2D eigenvalue weighted by atomic mass is 79.9. The first-order chi connectivity index (χ1) is 14.1. The van der Waals surface area contributed by atoms with E-state index in [4.69, 9.17) is 9.47 Å². The van der Waals surface area contributed by atoms with Gasteiger partial charge >= 0.3 is 0 Å². The molecule has 0 radical (unpaired) electrons. The summed E-state index contributed by atoms with van der Waals surface area (Å²) >= 11 is 3.53. The molecule has 164 valence electrons. The molecule has 1 fully saturated rings. The van der Waals surface area contributed by atoms with Crippen molar-refractivity contribution in [3.8, 4) is 11.5 Å². The highest BCUT2D eigenvalue weighted by Crippen LogP contribution is 2.37. The van der Waals surface area contributed by atoms with Gasteiger partial charge in [-0.2, -0.15) is 0 Å². The Morgan fingerprint density at radius 3 is 2.77 bits per heavy atom. The van der Waals surface area contributed by atoms with Crippen LogP contribution >= 0.6 is 28.3 Å². The van der Waals surface area contributed by atoms with Crippen molar-refractivity contribution < 1.29 is 18.7 Å². The van der Waals surface area contributed by atoms with Gasteiger partial charge in [0.15, 0.2) is 11.5 Å². The number of nitrogens with zero attached hydrogens (tertiary/aromatic N) is 1. The lowest BCUT2D eigenvalue weighted by Crippen LogP contribution is -2.28. The Morgan fingerprint density at radius 1 is 1.27 bits per heavy atom. The Bertz CT molecular complexity index is 853. The van der Waals surface area contributed by atoms with E-state index in [9.17, 15) is 9.18 Å². The Morgan fingerprint density at radius 2 is 2.07 bits per heavy atom. The lowest BCUT2D eigenvalue weighted by atomic mass is 10.2. The number of halogens is 3. The summed E-state index contributed by atoms with van der Waals surface area (Å²) in [4.78, 5) is 13.5. The highest BCUT2D eigenvalue weighted by molar-refractivity contribution is 9.10. The summed E-state index contributed by atoms with van der Waals surface area (Å²) in [6.45, 7) is 3.32. The maximum Gasteiger partial charge on any atom is 0.222 e. The first kappa shape index (κ1) is 24.4. The van der Waals surface area contributed by atoms with Crippen molar-refractivity contribution in [2.24, 2.45) is 0 Å². The van der Waals surface area contributed by atoms with Gasteiger partial charge in [-0.1, -0.05) is 18.2 Å². The normalized spacial score (nSPS) is 13.3. The summed E-state index contributed by atoms with van der Waals surface area (Å²) < 4.78 is 25.9. The second-order valence-corrected chi connectivity index (χ2v) is 7.86. The van der Waals surface area contributed by atoms with Crippen LogP contribution in [0.15, 0.2) is 40.9 Å². The highest BCUT2D eigenvalue weighted by Gasteiger charge is 2.19. The summed E-state index contributed by atoms with van der Waals surface area (Å²) in [5.41, 5.74) is 1.54. The molecule has 2 aromatic carbocycles. The fraction of sp³-hybridized carbons (Fsp3) is 0.409. The van der Waals surface area contributed by atoms with E-state index in [0.717, 1.165) is 42.5 Å². The smallest absolute Gasteiger partial charge is 0.222 e. The van der Waals surface area contributed by atoms with E-state index >= 15 is 0 Å². The summed E-state index contributed by atoms with van der Waals surface area (Å²) in [5, 5.41) is 3.40. The van der Waals surface area contributed by atoms with Crippen LogP contribution in [-0.4, -0.2) is 37.6 Å². The first-order valence-electron chi connectivity index (χ1n) is 9.79. The number of hydrogen-bond acceptors (Lipinski definition) is 4. The van der Waals surface area contributed by atoms with Crippen molar-refractivity contribution in [3.63, 3.8) is 0 Å². The number of amides is 1. The van der Waals surface area contributed by atoms with E-state index in [1.165, 1.54) is 6.07 Å². The molecule has 1 aliphatic rings. The van der Waals surface area contributed by atoms with E-state index in [-0.39, 0.29) is 30.7 Å². The molecule has 0 spiro atoms. The predicted octanol–water partition coefficient (Wildman–Crippen LogP) is 4.70. The molecule has 1 amide bonds. The lowest BCUT2D eigenvalue weighted by Gasteiger charge is -2.16. The molecular formula is C22H27BrClFN2O3. The fourth-order valence-corrected chi connectivity index (χ4v) is 3.95. The minimum absolute atomic E-state index is 0. The maximum absolute atomic E-state index is 13.8. The predicted molar refractivity (Wildman–Crippen MR) is 121 cm³/mol. The van der Waals surface area contributed by atoms with Crippen LogP contribution in [0, 0.1) is 5.82 Å². The lowest BCUT2D eigenvalue weighted by molar-refractivity contribution is -0.127. The second kappa shape index (κ2) is 12.1. The number of likely N-dealkylation sites (tertiary alicyclic amines) is 1. The van der Waals surface area contributed by atoms with Crippen molar-refractivity contribution in [2.75, 3.05) is 26.7 Å². The Labute approximate surface area is 191 Å². The van der Waals surface area contributed by atoms with E-state index in [1.54, 1.807) is 25.3 Å². The molecule has 0 bridgehead atoms. The van der Waals surface area contributed by atoms with Crippen LogP contribution in [0.3, 0.4) is 0 Å². The SMILES string of the molecule is COc1cc(CNCCCN2CCCC2=O)cc(Br)c1OCc1ccccc1F.Cl. The Kier molecular flexibility index (Phi) is 9.88. The van der Waals surface area contributed by atoms with Crippen molar-refractivity contribution in [3.05, 3.63) is 57.8 Å². The van der Waals surface area contributed by atoms with E-state index < -0.39 is 0 Å². The molecule has 0 unspecified atom stereocenters. The molecule has 0 atom stereocenters. The van der Waals surface area contributed by atoms with Gasteiger partial charge in [0.05, 0.1) is 11.6 Å². The van der Waals surface area contributed by atoms with Crippen LogP contribution in [-0.2, 0) is 17.9 Å². The molecule has 0 saturated carbocycles. The van der Waals surface area contributed by atoms with Crippen LogP contribution in [0.4, 0.5) is 4.39 Å². The third-order valence-corrected chi connectivity index (χ3v) is 5.49. The van der Waals surface area contributed by atoms with Gasteiger partial charge < -0.3 is 19.7 Å². The zero-order chi connectivity index (χ0) is 20.6. The first-order valence-corrected chi connectivity index (χ1v) is 10.6. The molecule has 0 aromatic heterocycles. The minimum atomic E-state index is -0.293. The molecular weight excluding hydrogens is 475 g/mol. The van der Waals surface area contributed by atoms with Crippen LogP contribution in [0.5, 0.6) is 11.5 Å². The zero-order valence-electron chi connectivity index (χ0n) is 17.0. The van der Waals surface area contributed by atoms with Gasteiger partial charge in [-0.05, 0) is 59.1 Å². The number of rotatable bonds is 10. The molecule has 1 heterocycles. The summed E-state index contributed by atoms with van der Waals surface area (Å²) in [6, 6.07) is 10.4. The van der Waals surface area contributed by atoms with Crippen molar-refractivity contribution >= 4 is 34.2 Å². The maximum atomic E-state index is 13.8. The van der Waals surface area contributed by atoms with Crippen LogP contribution in [0.1, 0.15) is 30.4 Å². The zero-order valence-corrected chi connectivity index (χ0v) is 19.4. The molecule has 2 aromatic rings. The average molecular weight is 502 g/mol. The monoisotopic (exact) mass is 500 g/mol. The third-order valence-electron chi connectivity index (χ3n) is 4.90. The largest absolute Gasteiger partial charge is 0.493 e. The molecule has 1 aliphatic heterocycles. The van der Waals surface area contributed by atoms with Gasteiger partial charge in [0.2, 0.25) is 5.91 Å². The number of benzene rings is 2. The molecule has 1 saturated heterocycles. The Balaban J connectivity index is 0.00000320. The van der Waals surface area contributed by atoms with Crippen molar-refractivity contribution in [1.29, 1.82) is 0 Å².